The molecule has 6 fully saturated rings. The van der Waals surface area contributed by atoms with E-state index in [0.717, 1.165) is 72.7 Å². The van der Waals surface area contributed by atoms with E-state index in [1.165, 1.54) is 44.5 Å². The van der Waals surface area contributed by atoms with E-state index in [4.69, 9.17) is 4.74 Å². The highest BCUT2D eigenvalue weighted by Gasteiger charge is 2.60. The Morgan fingerprint density at radius 1 is 0.780 bits per heavy atom. The lowest BCUT2D eigenvalue weighted by molar-refractivity contribution is -0.958. The molecule has 6 heterocycles. The summed E-state index contributed by atoms with van der Waals surface area (Å²) in [5.74, 6) is 2.06. The molecule has 0 atom stereocenters. The first kappa shape index (κ1) is 32.2. The minimum atomic E-state index is -0.956. The summed E-state index contributed by atoms with van der Waals surface area (Å²) in [5, 5.41) is 12.5. The van der Waals surface area contributed by atoms with E-state index in [0.29, 0.717) is 0 Å². The van der Waals surface area contributed by atoms with Crippen LogP contribution in [0.25, 0.3) is 0 Å². The Morgan fingerprint density at radius 3 is 1.71 bits per heavy atom. The Hall–Kier alpha value is -1.70. The van der Waals surface area contributed by atoms with Crippen LogP contribution in [-0.2, 0) is 12.1 Å². The Bertz CT molecular complexity index is 1140. The maximum absolute atomic E-state index is 12.5. The summed E-state index contributed by atoms with van der Waals surface area (Å²) in [4.78, 5) is 1.87. The predicted molar refractivity (Wildman–Crippen MR) is 157 cm³/mol. The third-order valence-electron chi connectivity index (χ3n) is 10.7. The van der Waals surface area contributed by atoms with Crippen molar-refractivity contribution >= 4 is 0 Å². The van der Waals surface area contributed by atoms with Gasteiger partial charge in [-0.25, -0.2) is 0 Å². The highest BCUT2D eigenvalue weighted by atomic mass is 79.9. The third-order valence-corrected chi connectivity index (χ3v) is 10.7. The maximum Gasteiger partial charge on any atom is 0.121 e. The molecule has 0 radical (unpaired) electrons. The van der Waals surface area contributed by atoms with E-state index < -0.39 is 5.60 Å². The number of halogens is 2. The van der Waals surface area contributed by atoms with Crippen LogP contribution in [0.3, 0.4) is 0 Å². The zero-order chi connectivity index (χ0) is 26.8. The second-order valence-electron chi connectivity index (χ2n) is 12.7. The minimum Gasteiger partial charge on any atom is -1.00 e. The lowest BCUT2D eigenvalue weighted by Crippen LogP contribution is -3.14. The van der Waals surface area contributed by atoms with Crippen molar-refractivity contribution < 1.29 is 53.2 Å². The quantitative estimate of drug-likeness (QED) is 0.321. The van der Waals surface area contributed by atoms with Gasteiger partial charge in [0.2, 0.25) is 0 Å². The van der Waals surface area contributed by atoms with E-state index >= 15 is 0 Å². The van der Waals surface area contributed by atoms with Gasteiger partial charge in [0.15, 0.2) is 0 Å². The summed E-state index contributed by atoms with van der Waals surface area (Å²) in [7, 11) is 1.73. The summed E-state index contributed by atoms with van der Waals surface area (Å²) >= 11 is 0. The highest BCUT2D eigenvalue weighted by Crippen LogP contribution is 2.57. The number of quaternary nitrogens is 2. The SMILES string of the molecule is C1C[NH+]2CCC1CC2.COc1cccc(C[N+]23CCC(C(O)(c4ccccc4)c4ccccc4)(CC2)CC3)c1.[Br-].[Br-]. The summed E-state index contributed by atoms with van der Waals surface area (Å²) in [6.07, 6.45) is 7.69. The molecule has 4 bridgehead atoms. The number of hydrogen-bond donors (Lipinski definition) is 2. The lowest BCUT2D eigenvalue weighted by Gasteiger charge is -2.60. The van der Waals surface area contributed by atoms with Crippen LogP contribution in [0.5, 0.6) is 5.75 Å². The van der Waals surface area contributed by atoms with Gasteiger partial charge in [-0.05, 0) is 48.4 Å². The van der Waals surface area contributed by atoms with Gasteiger partial charge in [0.1, 0.15) is 17.9 Å². The largest absolute Gasteiger partial charge is 1.00 e. The average molecular weight is 687 g/mol. The predicted octanol–water partition coefficient (Wildman–Crippen LogP) is -1.17. The average Bonchev–Trinajstić information content (AvgIpc) is 3.03. The number of piperidine rings is 6. The van der Waals surface area contributed by atoms with Gasteiger partial charge in [-0.1, -0.05) is 72.8 Å². The van der Waals surface area contributed by atoms with Crippen molar-refractivity contribution in [3.8, 4) is 5.75 Å². The monoisotopic (exact) mass is 684 g/mol. The molecule has 3 aromatic carbocycles. The molecular weight excluding hydrogens is 640 g/mol. The van der Waals surface area contributed by atoms with Crippen molar-refractivity contribution in [1.82, 2.24) is 0 Å². The number of aliphatic hydroxyl groups is 1. The van der Waals surface area contributed by atoms with Crippen molar-refractivity contribution in [3.63, 3.8) is 0 Å². The number of hydrogen-bond acceptors (Lipinski definition) is 2. The standard InChI is InChI=1S/C28H32NO2.C7H13N.2BrH/c1-31-26-14-8-9-23(21-26)22-29-18-15-27(16-19-29,17-20-29)28(30,24-10-4-2-5-11-24)25-12-6-3-7-13-25;1-4-8-5-2-7(1)3-6-8;;/h2-14,21,30H,15-20,22H2,1H3;7H,1-6H2;2*1H/q+1;;;/p-1. The fourth-order valence-electron chi connectivity index (χ4n) is 8.17. The van der Waals surface area contributed by atoms with Gasteiger partial charge in [0.25, 0.3) is 0 Å². The topological polar surface area (TPSA) is 33.9 Å². The van der Waals surface area contributed by atoms with Crippen LogP contribution in [0.4, 0.5) is 0 Å². The van der Waals surface area contributed by atoms with Crippen LogP contribution in [0, 0.1) is 11.3 Å². The molecule has 0 saturated carbocycles. The molecule has 0 aliphatic carbocycles. The van der Waals surface area contributed by atoms with E-state index in [-0.39, 0.29) is 39.4 Å². The van der Waals surface area contributed by atoms with Crippen LogP contribution in [-0.4, -0.2) is 56.0 Å². The molecule has 222 valence electrons. The fourth-order valence-corrected chi connectivity index (χ4v) is 8.17. The zero-order valence-corrected chi connectivity index (χ0v) is 27.6. The molecule has 6 aliphatic rings. The summed E-state index contributed by atoms with van der Waals surface area (Å²) in [6, 6.07) is 29.2. The zero-order valence-electron chi connectivity index (χ0n) is 24.4. The van der Waals surface area contributed by atoms with Crippen LogP contribution in [0.15, 0.2) is 84.9 Å². The van der Waals surface area contributed by atoms with Gasteiger partial charge in [-0.2, -0.15) is 0 Å². The van der Waals surface area contributed by atoms with Crippen LogP contribution < -0.4 is 43.6 Å². The molecule has 6 saturated heterocycles. The molecule has 3 aromatic rings. The fraction of sp³-hybridized carbons (Fsp3) is 0.486. The Balaban J connectivity index is 0.000000332. The van der Waals surface area contributed by atoms with Crippen molar-refractivity contribution in [1.29, 1.82) is 0 Å². The molecular formula is C35H46Br2N2O2. The first-order valence-electron chi connectivity index (χ1n) is 15.2. The minimum absolute atomic E-state index is 0. The van der Waals surface area contributed by atoms with Gasteiger partial charge >= 0.3 is 0 Å². The van der Waals surface area contributed by atoms with Gasteiger partial charge < -0.3 is 53.2 Å². The highest BCUT2D eigenvalue weighted by molar-refractivity contribution is 5.39. The normalized spacial score (nSPS) is 28.0. The third kappa shape index (κ3) is 6.47. The Kier molecular flexibility index (Phi) is 10.8. The second kappa shape index (κ2) is 13.7. The number of nitrogens with one attached hydrogen (secondary N) is 1. The molecule has 0 aromatic heterocycles. The maximum atomic E-state index is 12.5. The van der Waals surface area contributed by atoms with E-state index in [1.54, 1.807) is 7.11 Å². The number of nitrogens with zero attached hydrogens (tertiary/aromatic N) is 1. The lowest BCUT2D eigenvalue weighted by atomic mass is 9.56. The number of rotatable bonds is 6. The number of ether oxygens (including phenoxy) is 1. The smallest absolute Gasteiger partial charge is 0.121 e. The molecule has 6 aliphatic heterocycles. The molecule has 0 amide bonds. The summed E-state index contributed by atoms with van der Waals surface area (Å²) < 4.78 is 6.56. The molecule has 41 heavy (non-hydrogen) atoms. The molecule has 9 rings (SSSR count). The molecule has 0 spiro atoms. The number of fused-ring (bicyclic) bond motifs is 6. The van der Waals surface area contributed by atoms with Gasteiger partial charge in [0.05, 0.1) is 46.4 Å². The van der Waals surface area contributed by atoms with Crippen LogP contribution in [0.1, 0.15) is 55.2 Å². The Morgan fingerprint density at radius 2 is 1.29 bits per heavy atom. The summed E-state index contributed by atoms with van der Waals surface area (Å²) in [6.45, 7) is 8.81. The van der Waals surface area contributed by atoms with E-state index in [9.17, 15) is 5.11 Å². The van der Waals surface area contributed by atoms with Gasteiger partial charge in [0, 0.05) is 30.2 Å². The number of benzene rings is 3. The molecule has 6 heteroatoms. The van der Waals surface area contributed by atoms with Crippen LogP contribution >= 0.6 is 0 Å². The first-order valence-corrected chi connectivity index (χ1v) is 15.2. The van der Waals surface area contributed by atoms with Crippen molar-refractivity contribution in [2.45, 2.75) is 50.7 Å². The number of methoxy groups -OCH3 is 1. The van der Waals surface area contributed by atoms with E-state index in [2.05, 4.69) is 66.7 Å². The van der Waals surface area contributed by atoms with Crippen molar-refractivity contribution in [3.05, 3.63) is 102 Å². The van der Waals surface area contributed by atoms with Gasteiger partial charge in [-0.15, -0.1) is 0 Å². The first-order chi connectivity index (χ1) is 19.0. The van der Waals surface area contributed by atoms with Crippen molar-refractivity contribution in [2.24, 2.45) is 11.3 Å². The summed E-state index contributed by atoms with van der Waals surface area (Å²) in [5.41, 5.74) is 2.31. The molecule has 4 nitrogen and oxygen atoms in total. The second-order valence-corrected chi connectivity index (χ2v) is 12.7. The van der Waals surface area contributed by atoms with Crippen molar-refractivity contribution in [2.75, 3.05) is 46.4 Å². The van der Waals surface area contributed by atoms with Gasteiger partial charge in [-0.3, -0.25) is 0 Å². The Labute approximate surface area is 267 Å². The molecule has 0 unspecified atom stereocenters. The van der Waals surface area contributed by atoms with E-state index in [1.807, 2.05) is 23.1 Å². The van der Waals surface area contributed by atoms with Crippen LogP contribution in [0.2, 0.25) is 0 Å². The molecule has 2 N–H and O–H groups in total.